The lowest BCUT2D eigenvalue weighted by atomic mass is 9.96. The average molecular weight is 497 g/mol. The molecular formula is C19H40IN5O2. The maximum absolute atomic E-state index is 11.9. The smallest absolute Gasteiger partial charge is 0.225 e. The largest absolute Gasteiger partial charge is 0.374 e. The van der Waals surface area contributed by atoms with Crippen LogP contribution >= 0.6 is 24.0 Å². The molecular weight excluding hydrogens is 457 g/mol. The minimum atomic E-state index is -0.362. The molecule has 1 unspecified atom stereocenters. The van der Waals surface area contributed by atoms with E-state index in [1.807, 2.05) is 27.7 Å². The zero-order valence-corrected chi connectivity index (χ0v) is 20.3. The summed E-state index contributed by atoms with van der Waals surface area (Å²) in [7, 11) is 0. The van der Waals surface area contributed by atoms with E-state index in [9.17, 15) is 4.79 Å². The molecule has 1 fully saturated rings. The van der Waals surface area contributed by atoms with Crippen molar-refractivity contribution in [1.29, 1.82) is 0 Å². The highest BCUT2D eigenvalue weighted by Gasteiger charge is 2.21. The summed E-state index contributed by atoms with van der Waals surface area (Å²) in [4.78, 5) is 19.0. The lowest BCUT2D eigenvalue weighted by Crippen LogP contribution is -2.46. The minimum Gasteiger partial charge on any atom is -0.374 e. The predicted octanol–water partition coefficient (Wildman–Crippen LogP) is 1.68. The second-order valence-electron chi connectivity index (χ2n) is 8.30. The van der Waals surface area contributed by atoms with Gasteiger partial charge < -0.3 is 20.7 Å². The average Bonchev–Trinajstić information content (AvgIpc) is 2.55. The number of guanidine groups is 1. The number of amides is 1. The Labute approximate surface area is 182 Å². The van der Waals surface area contributed by atoms with Crippen LogP contribution in [0.5, 0.6) is 0 Å². The molecule has 1 saturated heterocycles. The Balaban J connectivity index is 0.00000676. The van der Waals surface area contributed by atoms with Crippen molar-refractivity contribution >= 4 is 35.8 Å². The van der Waals surface area contributed by atoms with Crippen LogP contribution in [-0.2, 0) is 9.53 Å². The molecule has 7 nitrogen and oxygen atoms in total. The summed E-state index contributed by atoms with van der Waals surface area (Å²) >= 11 is 0. The molecule has 0 aromatic heterocycles. The number of aliphatic imine (C=N–C) groups is 1. The van der Waals surface area contributed by atoms with Crippen LogP contribution in [0.1, 0.15) is 41.5 Å². The molecule has 1 atom stereocenters. The summed E-state index contributed by atoms with van der Waals surface area (Å²) in [5.74, 6) is 1.49. The van der Waals surface area contributed by atoms with Crippen LogP contribution < -0.4 is 16.0 Å². The van der Waals surface area contributed by atoms with Gasteiger partial charge in [-0.05, 0) is 12.8 Å². The van der Waals surface area contributed by atoms with Gasteiger partial charge in [-0.25, -0.2) is 0 Å². The molecule has 0 aliphatic carbocycles. The lowest BCUT2D eigenvalue weighted by Gasteiger charge is -2.33. The third-order valence-corrected chi connectivity index (χ3v) is 4.03. The van der Waals surface area contributed by atoms with Gasteiger partial charge in [-0.2, -0.15) is 0 Å². The van der Waals surface area contributed by atoms with E-state index in [0.29, 0.717) is 25.6 Å². The molecule has 0 radical (unpaired) electrons. The highest BCUT2D eigenvalue weighted by atomic mass is 127. The topological polar surface area (TPSA) is 78.0 Å². The normalized spacial score (nSPS) is 18.8. The van der Waals surface area contributed by atoms with Gasteiger partial charge in [0.2, 0.25) is 5.91 Å². The molecule has 1 heterocycles. The van der Waals surface area contributed by atoms with Crippen LogP contribution in [0.3, 0.4) is 0 Å². The quantitative estimate of drug-likeness (QED) is 0.206. The lowest BCUT2D eigenvalue weighted by molar-refractivity contribution is -0.128. The molecule has 160 valence electrons. The molecule has 1 aliphatic heterocycles. The molecule has 1 amide bonds. The number of hydrogen-bond donors (Lipinski definition) is 3. The summed E-state index contributed by atoms with van der Waals surface area (Å²) in [5, 5.41) is 9.44. The van der Waals surface area contributed by atoms with Gasteiger partial charge in [0, 0.05) is 44.7 Å². The van der Waals surface area contributed by atoms with Gasteiger partial charge >= 0.3 is 0 Å². The van der Waals surface area contributed by atoms with E-state index < -0.39 is 0 Å². The third kappa shape index (κ3) is 11.7. The molecule has 3 N–H and O–H groups in total. The minimum absolute atomic E-state index is 0. The summed E-state index contributed by atoms with van der Waals surface area (Å²) in [6.07, 6.45) is 0.138. The van der Waals surface area contributed by atoms with Crippen molar-refractivity contribution in [2.24, 2.45) is 16.3 Å². The van der Waals surface area contributed by atoms with Gasteiger partial charge in [0.25, 0.3) is 0 Å². The van der Waals surface area contributed by atoms with Gasteiger partial charge in [0.05, 0.1) is 19.3 Å². The standard InChI is InChI=1S/C19H39N5O2.HI/c1-7-20-18(22-9-8-21-17(25)19(4,5)6)23-12-16-14-24(10-11-26-16)13-15(2)3;/h15-16H,7-14H2,1-6H3,(H,21,25)(H2,20,22,23);1H. The number of morpholine rings is 1. The van der Waals surface area contributed by atoms with Crippen LogP contribution in [0.15, 0.2) is 4.99 Å². The van der Waals surface area contributed by atoms with Crippen molar-refractivity contribution in [3.05, 3.63) is 0 Å². The van der Waals surface area contributed by atoms with Gasteiger partial charge in [0.1, 0.15) is 0 Å². The van der Waals surface area contributed by atoms with Crippen LogP contribution in [0.25, 0.3) is 0 Å². The summed E-state index contributed by atoms with van der Waals surface area (Å²) < 4.78 is 5.85. The number of nitrogens with one attached hydrogen (secondary N) is 3. The summed E-state index contributed by atoms with van der Waals surface area (Å²) in [5.41, 5.74) is -0.362. The second-order valence-corrected chi connectivity index (χ2v) is 8.30. The first kappa shape index (κ1) is 26.4. The number of carbonyl (C=O) groups is 1. The van der Waals surface area contributed by atoms with Gasteiger partial charge in [-0.15, -0.1) is 24.0 Å². The van der Waals surface area contributed by atoms with Crippen LogP contribution in [0.2, 0.25) is 0 Å². The molecule has 1 aliphatic rings. The van der Waals surface area contributed by atoms with Crippen molar-refractivity contribution in [1.82, 2.24) is 20.9 Å². The third-order valence-electron chi connectivity index (χ3n) is 4.03. The molecule has 8 heteroatoms. The molecule has 0 aromatic carbocycles. The Bertz CT molecular complexity index is 452. The van der Waals surface area contributed by atoms with Crippen LogP contribution in [-0.4, -0.2) is 75.3 Å². The highest BCUT2D eigenvalue weighted by molar-refractivity contribution is 14.0. The summed E-state index contributed by atoms with van der Waals surface area (Å²) in [6.45, 7) is 18.7. The van der Waals surface area contributed by atoms with E-state index >= 15 is 0 Å². The van der Waals surface area contributed by atoms with E-state index in [-0.39, 0.29) is 41.4 Å². The molecule has 0 spiro atoms. The van der Waals surface area contributed by atoms with Crippen molar-refractivity contribution in [3.8, 4) is 0 Å². The maximum atomic E-state index is 11.9. The fourth-order valence-corrected chi connectivity index (χ4v) is 2.73. The fourth-order valence-electron chi connectivity index (χ4n) is 2.73. The van der Waals surface area contributed by atoms with Crippen molar-refractivity contribution in [3.63, 3.8) is 0 Å². The number of carbonyl (C=O) groups excluding carboxylic acids is 1. The maximum Gasteiger partial charge on any atom is 0.225 e. The Morgan fingerprint density at radius 1 is 1.22 bits per heavy atom. The number of hydrogen-bond acceptors (Lipinski definition) is 4. The van der Waals surface area contributed by atoms with Crippen molar-refractivity contribution in [2.75, 3.05) is 52.4 Å². The first-order chi connectivity index (χ1) is 12.2. The first-order valence-electron chi connectivity index (χ1n) is 9.86. The number of ether oxygens (including phenoxy) is 1. The first-order valence-corrected chi connectivity index (χ1v) is 9.86. The van der Waals surface area contributed by atoms with E-state index in [1.165, 1.54) is 0 Å². The number of rotatable bonds is 8. The Morgan fingerprint density at radius 3 is 2.48 bits per heavy atom. The van der Waals surface area contributed by atoms with E-state index in [4.69, 9.17) is 4.74 Å². The zero-order chi connectivity index (χ0) is 19.6. The molecule has 0 bridgehead atoms. The molecule has 0 aromatic rings. The molecule has 0 saturated carbocycles. The Hall–Kier alpha value is -0.610. The number of nitrogens with zero attached hydrogens (tertiary/aromatic N) is 2. The number of halogens is 1. The van der Waals surface area contributed by atoms with Crippen LogP contribution in [0, 0.1) is 11.3 Å². The monoisotopic (exact) mass is 497 g/mol. The van der Waals surface area contributed by atoms with Crippen LogP contribution in [0.4, 0.5) is 0 Å². The van der Waals surface area contributed by atoms with Crippen molar-refractivity contribution < 1.29 is 9.53 Å². The highest BCUT2D eigenvalue weighted by Crippen LogP contribution is 2.11. The Morgan fingerprint density at radius 2 is 1.89 bits per heavy atom. The second kappa shape index (κ2) is 13.5. The van der Waals surface area contributed by atoms with E-state index in [0.717, 1.165) is 38.7 Å². The predicted molar refractivity (Wildman–Crippen MR) is 123 cm³/mol. The molecule has 1 rings (SSSR count). The van der Waals surface area contributed by atoms with Crippen molar-refractivity contribution in [2.45, 2.75) is 47.6 Å². The zero-order valence-electron chi connectivity index (χ0n) is 17.9. The molecule has 27 heavy (non-hydrogen) atoms. The SMILES string of the molecule is CCNC(=NCC1CN(CC(C)C)CCO1)NCCNC(=O)C(C)(C)C.I. The summed E-state index contributed by atoms with van der Waals surface area (Å²) in [6, 6.07) is 0. The van der Waals surface area contributed by atoms with Gasteiger partial charge in [-0.3, -0.25) is 14.7 Å². The van der Waals surface area contributed by atoms with E-state index in [2.05, 4.69) is 39.7 Å². The fraction of sp³-hybridized carbons (Fsp3) is 0.895. The van der Waals surface area contributed by atoms with Gasteiger partial charge in [0.15, 0.2) is 5.96 Å². The Kier molecular flexibility index (Phi) is 13.2. The van der Waals surface area contributed by atoms with E-state index in [1.54, 1.807) is 0 Å². The van der Waals surface area contributed by atoms with Gasteiger partial charge in [-0.1, -0.05) is 34.6 Å².